The molecule has 25 heavy (non-hydrogen) atoms. The lowest BCUT2D eigenvalue weighted by Gasteiger charge is -2.26. The predicted molar refractivity (Wildman–Crippen MR) is 102 cm³/mol. The first-order valence-electron chi connectivity index (χ1n) is 9.87. The fourth-order valence-corrected chi connectivity index (χ4v) is 4.31. The van der Waals surface area contributed by atoms with Crippen molar-refractivity contribution in [2.75, 3.05) is 19.8 Å². The van der Waals surface area contributed by atoms with Crippen LogP contribution in [-0.2, 0) is 9.53 Å². The summed E-state index contributed by atoms with van der Waals surface area (Å²) in [4.78, 5) is 12.1. The zero-order valence-corrected chi connectivity index (χ0v) is 15.7. The van der Waals surface area contributed by atoms with Gasteiger partial charge in [0, 0.05) is 36.7 Å². The smallest absolute Gasteiger partial charge is 0.244 e. The standard InChI is InChI=1S/C21H32N2O2/c1-16-13-19(17(2)23(16)20-8-4-3-5-9-20)10-11-21(24)22-14-18-7-6-12-25-15-18/h10-11,13,18,20H,3-9,12,14-15H2,1-2H3,(H,22,24)/b11-10+/t18-/m0/s1. The number of hydrogen-bond donors (Lipinski definition) is 1. The third-order valence-corrected chi connectivity index (χ3v) is 5.70. The average Bonchev–Trinajstić information content (AvgIpc) is 2.93. The van der Waals surface area contributed by atoms with Crippen LogP contribution in [0.25, 0.3) is 6.08 Å². The van der Waals surface area contributed by atoms with Gasteiger partial charge in [0.15, 0.2) is 0 Å². The summed E-state index contributed by atoms with van der Waals surface area (Å²) in [5.74, 6) is 0.454. The number of hydrogen-bond acceptors (Lipinski definition) is 2. The van der Waals surface area contributed by atoms with Crippen molar-refractivity contribution in [1.29, 1.82) is 0 Å². The van der Waals surface area contributed by atoms with Crippen LogP contribution < -0.4 is 5.32 Å². The predicted octanol–water partition coefficient (Wildman–Crippen LogP) is 4.17. The van der Waals surface area contributed by atoms with Gasteiger partial charge in [-0.3, -0.25) is 4.79 Å². The molecule has 0 unspecified atom stereocenters. The molecule has 3 rings (SSSR count). The molecule has 0 bridgehead atoms. The monoisotopic (exact) mass is 344 g/mol. The first kappa shape index (κ1) is 18.2. The van der Waals surface area contributed by atoms with E-state index in [1.54, 1.807) is 6.08 Å². The number of aryl methyl sites for hydroxylation is 1. The molecule has 2 aliphatic rings. The maximum absolute atomic E-state index is 12.1. The van der Waals surface area contributed by atoms with Crippen LogP contribution in [0.5, 0.6) is 0 Å². The first-order valence-corrected chi connectivity index (χ1v) is 9.87. The number of carbonyl (C=O) groups excluding carboxylic acids is 1. The van der Waals surface area contributed by atoms with Gasteiger partial charge in [0.05, 0.1) is 6.61 Å². The summed E-state index contributed by atoms with van der Waals surface area (Å²) in [6.07, 6.45) is 12.5. The van der Waals surface area contributed by atoms with Crippen molar-refractivity contribution in [2.24, 2.45) is 5.92 Å². The van der Waals surface area contributed by atoms with E-state index in [0.717, 1.165) is 26.1 Å². The van der Waals surface area contributed by atoms with Crippen LogP contribution in [-0.4, -0.2) is 30.2 Å². The molecule has 1 amide bonds. The third-order valence-electron chi connectivity index (χ3n) is 5.70. The lowest BCUT2D eigenvalue weighted by Crippen LogP contribution is -2.32. The maximum atomic E-state index is 12.1. The topological polar surface area (TPSA) is 43.3 Å². The van der Waals surface area contributed by atoms with E-state index in [-0.39, 0.29) is 5.91 Å². The Morgan fingerprint density at radius 2 is 2.04 bits per heavy atom. The Hall–Kier alpha value is -1.55. The molecule has 1 saturated heterocycles. The molecule has 138 valence electrons. The van der Waals surface area contributed by atoms with Crippen LogP contribution in [0.2, 0.25) is 0 Å². The minimum absolute atomic E-state index is 0.00644. The van der Waals surface area contributed by atoms with E-state index in [2.05, 4.69) is 29.8 Å². The molecule has 4 nitrogen and oxygen atoms in total. The molecule has 1 saturated carbocycles. The lowest BCUT2D eigenvalue weighted by molar-refractivity contribution is -0.116. The number of nitrogens with one attached hydrogen (secondary N) is 1. The normalized spacial score (nSPS) is 22.4. The van der Waals surface area contributed by atoms with Crippen molar-refractivity contribution in [3.05, 3.63) is 29.1 Å². The summed E-state index contributed by atoms with van der Waals surface area (Å²) in [6, 6.07) is 2.85. The fourth-order valence-electron chi connectivity index (χ4n) is 4.31. The quantitative estimate of drug-likeness (QED) is 0.815. The van der Waals surface area contributed by atoms with Crippen molar-refractivity contribution >= 4 is 12.0 Å². The molecule has 1 aromatic heterocycles. The molecule has 0 aromatic carbocycles. The van der Waals surface area contributed by atoms with E-state index in [4.69, 9.17) is 4.74 Å². The minimum Gasteiger partial charge on any atom is -0.381 e. The third kappa shape index (κ3) is 4.75. The summed E-state index contributed by atoms with van der Waals surface area (Å²) in [6.45, 7) is 6.71. The fraction of sp³-hybridized carbons (Fsp3) is 0.667. The van der Waals surface area contributed by atoms with Gasteiger partial charge >= 0.3 is 0 Å². The highest BCUT2D eigenvalue weighted by atomic mass is 16.5. The van der Waals surface area contributed by atoms with Crippen molar-refractivity contribution in [3.63, 3.8) is 0 Å². The highest BCUT2D eigenvalue weighted by molar-refractivity contribution is 5.91. The Morgan fingerprint density at radius 1 is 1.24 bits per heavy atom. The van der Waals surface area contributed by atoms with Gasteiger partial charge in [-0.1, -0.05) is 19.3 Å². The van der Waals surface area contributed by atoms with E-state index in [0.29, 0.717) is 18.5 Å². The second-order valence-electron chi connectivity index (χ2n) is 7.65. The molecule has 1 aromatic rings. The van der Waals surface area contributed by atoms with Crippen LogP contribution >= 0.6 is 0 Å². The maximum Gasteiger partial charge on any atom is 0.244 e. The second-order valence-corrected chi connectivity index (χ2v) is 7.65. The van der Waals surface area contributed by atoms with Crippen LogP contribution in [0.3, 0.4) is 0 Å². The minimum atomic E-state index is -0.00644. The van der Waals surface area contributed by atoms with E-state index in [9.17, 15) is 4.79 Å². The van der Waals surface area contributed by atoms with E-state index >= 15 is 0 Å². The number of ether oxygens (including phenoxy) is 1. The highest BCUT2D eigenvalue weighted by Gasteiger charge is 2.19. The average molecular weight is 344 g/mol. The van der Waals surface area contributed by atoms with E-state index in [1.807, 2.05) is 6.08 Å². The molecule has 2 heterocycles. The van der Waals surface area contributed by atoms with Gasteiger partial charge in [0.25, 0.3) is 0 Å². The molecule has 1 aliphatic heterocycles. The highest BCUT2D eigenvalue weighted by Crippen LogP contribution is 2.32. The van der Waals surface area contributed by atoms with Gasteiger partial charge < -0.3 is 14.6 Å². The van der Waals surface area contributed by atoms with E-state index in [1.165, 1.54) is 49.1 Å². The number of carbonyl (C=O) groups is 1. The van der Waals surface area contributed by atoms with Gasteiger partial charge in [0.1, 0.15) is 0 Å². The van der Waals surface area contributed by atoms with Gasteiger partial charge in [-0.05, 0) is 63.2 Å². The van der Waals surface area contributed by atoms with Crippen LogP contribution in [0.4, 0.5) is 0 Å². The summed E-state index contributed by atoms with van der Waals surface area (Å²) in [5.41, 5.74) is 3.76. The van der Waals surface area contributed by atoms with E-state index < -0.39 is 0 Å². The molecular formula is C21H32N2O2. The van der Waals surface area contributed by atoms with Gasteiger partial charge in [0.2, 0.25) is 5.91 Å². The van der Waals surface area contributed by atoms with Crippen molar-refractivity contribution in [3.8, 4) is 0 Å². The number of amides is 1. The molecule has 1 N–H and O–H groups in total. The number of rotatable bonds is 5. The Bertz CT molecular complexity index is 606. The zero-order chi connectivity index (χ0) is 17.6. The Morgan fingerprint density at radius 3 is 2.76 bits per heavy atom. The van der Waals surface area contributed by atoms with Crippen LogP contribution in [0.1, 0.15) is 67.9 Å². The molecule has 4 heteroatoms. The van der Waals surface area contributed by atoms with Crippen LogP contribution in [0.15, 0.2) is 12.1 Å². The summed E-state index contributed by atoms with van der Waals surface area (Å²) in [5, 5.41) is 3.01. The second kappa shape index (κ2) is 8.70. The molecule has 0 radical (unpaired) electrons. The van der Waals surface area contributed by atoms with Gasteiger partial charge in [-0.25, -0.2) is 0 Å². The molecule has 2 fully saturated rings. The molecular weight excluding hydrogens is 312 g/mol. The molecule has 1 aliphatic carbocycles. The summed E-state index contributed by atoms with van der Waals surface area (Å²) >= 11 is 0. The summed E-state index contributed by atoms with van der Waals surface area (Å²) < 4.78 is 7.94. The Labute approximate surface area is 151 Å². The van der Waals surface area contributed by atoms with Crippen molar-refractivity contribution in [2.45, 2.75) is 64.8 Å². The van der Waals surface area contributed by atoms with Crippen LogP contribution in [0, 0.1) is 19.8 Å². The summed E-state index contributed by atoms with van der Waals surface area (Å²) in [7, 11) is 0. The number of nitrogens with zero attached hydrogens (tertiary/aromatic N) is 1. The SMILES string of the molecule is Cc1cc(/C=C/C(=O)NC[C@@H]2CCCOC2)c(C)n1C1CCCCC1. The van der Waals surface area contributed by atoms with Gasteiger partial charge in [-0.2, -0.15) is 0 Å². The lowest BCUT2D eigenvalue weighted by atomic mass is 9.95. The van der Waals surface area contributed by atoms with Crippen molar-refractivity contribution in [1.82, 2.24) is 9.88 Å². The number of aromatic nitrogens is 1. The zero-order valence-electron chi connectivity index (χ0n) is 15.7. The van der Waals surface area contributed by atoms with Gasteiger partial charge in [-0.15, -0.1) is 0 Å². The van der Waals surface area contributed by atoms with Crippen molar-refractivity contribution < 1.29 is 9.53 Å². The Balaban J connectivity index is 1.58. The molecule has 1 atom stereocenters. The Kier molecular flexibility index (Phi) is 6.35. The molecule has 0 spiro atoms. The first-order chi connectivity index (χ1) is 12.1. The largest absolute Gasteiger partial charge is 0.381 e.